The topological polar surface area (TPSA) is 97.6 Å². The van der Waals surface area contributed by atoms with Gasteiger partial charge in [-0.15, -0.1) is 0 Å². The van der Waals surface area contributed by atoms with E-state index in [2.05, 4.69) is 15.5 Å². The largest absolute Gasteiger partial charge is 0.485 e. The lowest BCUT2D eigenvalue weighted by Crippen LogP contribution is -2.46. The number of hydrogen-bond donors (Lipinski definition) is 1. The van der Waals surface area contributed by atoms with E-state index in [1.165, 1.54) is 0 Å². The van der Waals surface area contributed by atoms with Crippen molar-refractivity contribution in [2.45, 2.75) is 38.5 Å². The van der Waals surface area contributed by atoms with E-state index >= 15 is 0 Å². The normalized spacial score (nSPS) is 23.0. The maximum Gasteiger partial charge on any atom is 0.325 e. The van der Waals surface area contributed by atoms with Gasteiger partial charge in [0.15, 0.2) is 6.61 Å². The van der Waals surface area contributed by atoms with Crippen molar-refractivity contribution in [3.8, 4) is 5.75 Å². The molecule has 2 heterocycles. The summed E-state index contributed by atoms with van der Waals surface area (Å²) in [5.41, 5.74) is -0.809. The monoisotopic (exact) mass is 342 g/mol. The smallest absolute Gasteiger partial charge is 0.325 e. The fourth-order valence-electron chi connectivity index (χ4n) is 3.01. The minimum atomic E-state index is -0.809. The van der Waals surface area contributed by atoms with Gasteiger partial charge in [-0.2, -0.15) is 4.98 Å². The van der Waals surface area contributed by atoms with Crippen LogP contribution in [-0.4, -0.2) is 32.5 Å². The average molecular weight is 342 g/mol. The summed E-state index contributed by atoms with van der Waals surface area (Å²) in [6, 6.07) is 8.86. The quantitative estimate of drug-likeness (QED) is 0.805. The van der Waals surface area contributed by atoms with E-state index < -0.39 is 11.6 Å². The minimum absolute atomic E-state index is 0.0364. The van der Waals surface area contributed by atoms with Crippen LogP contribution in [0.25, 0.3) is 0 Å². The Bertz CT molecular complexity index is 802. The molecule has 8 heteroatoms. The molecule has 25 heavy (non-hydrogen) atoms. The molecule has 3 amide bonds. The number of imide groups is 1. The van der Waals surface area contributed by atoms with E-state index in [9.17, 15) is 9.59 Å². The number of amides is 3. The summed E-state index contributed by atoms with van der Waals surface area (Å²) < 4.78 is 10.7. The number of nitrogens with one attached hydrogen (secondary N) is 1. The molecule has 2 fully saturated rings. The van der Waals surface area contributed by atoms with E-state index in [1.807, 2.05) is 30.3 Å². The Morgan fingerprint density at radius 1 is 1.32 bits per heavy atom. The van der Waals surface area contributed by atoms with Crippen LogP contribution in [0.5, 0.6) is 5.75 Å². The van der Waals surface area contributed by atoms with Crippen LogP contribution in [0.4, 0.5) is 4.79 Å². The SMILES string of the molecule is CC1(C2CC2)NC(=O)N(Cc2nc(COc3ccccc3)no2)C1=O. The molecule has 1 unspecified atom stereocenters. The van der Waals surface area contributed by atoms with Gasteiger partial charge in [-0.1, -0.05) is 23.4 Å². The first-order valence-corrected chi connectivity index (χ1v) is 8.19. The molecule has 1 aliphatic heterocycles. The number of hydrogen-bond acceptors (Lipinski definition) is 6. The van der Waals surface area contributed by atoms with Crippen LogP contribution in [0.3, 0.4) is 0 Å². The number of para-hydroxylation sites is 1. The van der Waals surface area contributed by atoms with E-state index in [1.54, 1.807) is 6.92 Å². The molecule has 0 radical (unpaired) electrons. The van der Waals surface area contributed by atoms with Gasteiger partial charge in [-0.3, -0.25) is 9.69 Å². The maximum absolute atomic E-state index is 12.6. The fraction of sp³-hybridized carbons (Fsp3) is 0.412. The van der Waals surface area contributed by atoms with Crippen molar-refractivity contribution in [1.82, 2.24) is 20.4 Å². The molecule has 8 nitrogen and oxygen atoms in total. The summed E-state index contributed by atoms with van der Waals surface area (Å²) in [6.07, 6.45) is 1.91. The second-order valence-corrected chi connectivity index (χ2v) is 6.50. The van der Waals surface area contributed by atoms with E-state index in [-0.39, 0.29) is 30.9 Å². The van der Waals surface area contributed by atoms with Gasteiger partial charge in [0.25, 0.3) is 5.91 Å². The Balaban J connectivity index is 1.39. The summed E-state index contributed by atoms with van der Waals surface area (Å²) in [4.78, 5) is 30.0. The average Bonchev–Trinajstić information content (AvgIpc) is 3.34. The molecule has 2 aliphatic rings. The van der Waals surface area contributed by atoms with Crippen LogP contribution in [0.2, 0.25) is 0 Å². The maximum atomic E-state index is 12.6. The number of ether oxygens (including phenoxy) is 1. The predicted octanol–water partition coefficient (Wildman–Crippen LogP) is 1.87. The molecule has 1 aliphatic carbocycles. The van der Waals surface area contributed by atoms with Crippen molar-refractivity contribution in [2.75, 3.05) is 0 Å². The molecule has 1 atom stereocenters. The Morgan fingerprint density at radius 3 is 2.80 bits per heavy atom. The molecule has 130 valence electrons. The van der Waals surface area contributed by atoms with E-state index in [0.29, 0.717) is 11.6 Å². The summed E-state index contributed by atoms with van der Waals surface area (Å²) in [5, 5.41) is 6.62. The number of urea groups is 1. The summed E-state index contributed by atoms with van der Waals surface area (Å²) >= 11 is 0. The van der Waals surface area contributed by atoms with E-state index in [0.717, 1.165) is 17.7 Å². The summed E-state index contributed by atoms with van der Waals surface area (Å²) in [6.45, 7) is 1.89. The third-order valence-corrected chi connectivity index (χ3v) is 4.61. The standard InChI is InChI=1S/C17H18N4O4/c1-17(11-7-8-11)15(22)21(16(23)19-17)9-14-18-13(20-25-14)10-24-12-5-3-2-4-6-12/h2-6,11H,7-10H2,1H3,(H,19,23). The second kappa shape index (κ2) is 5.87. The Labute approximate surface area is 144 Å². The first kappa shape index (κ1) is 15.6. The molecule has 1 aromatic heterocycles. The minimum Gasteiger partial charge on any atom is -0.485 e. The highest BCUT2D eigenvalue weighted by atomic mass is 16.5. The summed E-state index contributed by atoms with van der Waals surface area (Å²) in [5.74, 6) is 1.24. The Kier molecular flexibility index (Phi) is 3.67. The van der Waals surface area contributed by atoms with Crippen LogP contribution in [0.1, 0.15) is 31.5 Å². The van der Waals surface area contributed by atoms with Crippen molar-refractivity contribution in [3.63, 3.8) is 0 Å². The molecule has 1 saturated carbocycles. The third kappa shape index (κ3) is 2.95. The highest BCUT2D eigenvalue weighted by molar-refractivity contribution is 6.07. The van der Waals surface area contributed by atoms with Gasteiger partial charge in [0.1, 0.15) is 17.8 Å². The van der Waals surface area contributed by atoms with Crippen molar-refractivity contribution in [3.05, 3.63) is 42.0 Å². The second-order valence-electron chi connectivity index (χ2n) is 6.50. The van der Waals surface area contributed by atoms with Crippen molar-refractivity contribution in [1.29, 1.82) is 0 Å². The van der Waals surface area contributed by atoms with Crippen LogP contribution in [0.15, 0.2) is 34.9 Å². The number of carbonyl (C=O) groups is 2. The highest BCUT2D eigenvalue weighted by Crippen LogP contribution is 2.42. The van der Waals surface area contributed by atoms with Gasteiger partial charge in [0, 0.05) is 0 Å². The zero-order chi connectivity index (χ0) is 17.4. The molecular formula is C17H18N4O4. The molecule has 1 N–H and O–H groups in total. The zero-order valence-corrected chi connectivity index (χ0v) is 13.8. The molecule has 4 rings (SSSR count). The number of carbonyl (C=O) groups excluding carboxylic acids is 2. The summed E-state index contributed by atoms with van der Waals surface area (Å²) in [7, 11) is 0. The van der Waals surface area contributed by atoms with Gasteiger partial charge in [0.2, 0.25) is 11.7 Å². The first-order valence-electron chi connectivity index (χ1n) is 8.19. The van der Waals surface area contributed by atoms with Gasteiger partial charge in [0.05, 0.1) is 0 Å². The fourth-order valence-corrected chi connectivity index (χ4v) is 3.01. The van der Waals surface area contributed by atoms with Gasteiger partial charge in [-0.25, -0.2) is 4.79 Å². The predicted molar refractivity (Wildman–Crippen MR) is 85.3 cm³/mol. The van der Waals surface area contributed by atoms with Crippen LogP contribution >= 0.6 is 0 Å². The van der Waals surface area contributed by atoms with Gasteiger partial charge in [-0.05, 0) is 37.8 Å². The lowest BCUT2D eigenvalue weighted by molar-refractivity contribution is -0.132. The van der Waals surface area contributed by atoms with Crippen LogP contribution < -0.4 is 10.1 Å². The van der Waals surface area contributed by atoms with Gasteiger partial charge < -0.3 is 14.6 Å². The number of nitrogens with zero attached hydrogens (tertiary/aromatic N) is 3. The van der Waals surface area contributed by atoms with Crippen molar-refractivity contribution < 1.29 is 18.8 Å². The zero-order valence-electron chi connectivity index (χ0n) is 13.8. The molecular weight excluding hydrogens is 324 g/mol. The number of benzene rings is 1. The number of aromatic nitrogens is 2. The molecule has 0 spiro atoms. The van der Waals surface area contributed by atoms with E-state index in [4.69, 9.17) is 9.26 Å². The van der Waals surface area contributed by atoms with Crippen LogP contribution in [-0.2, 0) is 17.9 Å². The van der Waals surface area contributed by atoms with Crippen molar-refractivity contribution >= 4 is 11.9 Å². The van der Waals surface area contributed by atoms with Crippen LogP contribution in [0, 0.1) is 5.92 Å². The third-order valence-electron chi connectivity index (χ3n) is 4.61. The highest BCUT2D eigenvalue weighted by Gasteiger charge is 2.56. The molecule has 0 bridgehead atoms. The lowest BCUT2D eigenvalue weighted by Gasteiger charge is -2.20. The first-order chi connectivity index (χ1) is 12.1. The Morgan fingerprint density at radius 2 is 2.08 bits per heavy atom. The van der Waals surface area contributed by atoms with Crippen molar-refractivity contribution in [2.24, 2.45) is 5.92 Å². The Hall–Kier alpha value is -2.90. The number of rotatable bonds is 6. The molecule has 1 saturated heterocycles. The molecule has 1 aromatic carbocycles. The van der Waals surface area contributed by atoms with Gasteiger partial charge >= 0.3 is 6.03 Å². The molecule has 2 aromatic rings. The lowest BCUT2D eigenvalue weighted by atomic mass is 9.96.